The molecule has 3 aromatic rings. The molecule has 2 aromatic heterocycles. The van der Waals surface area contributed by atoms with Crippen LogP contribution in [0.25, 0.3) is 5.52 Å². The Kier molecular flexibility index (Phi) is 7.27. The van der Waals surface area contributed by atoms with Gasteiger partial charge in [-0.15, -0.1) is 0 Å². The van der Waals surface area contributed by atoms with Gasteiger partial charge < -0.3 is 20.0 Å². The molecule has 7 heteroatoms. The van der Waals surface area contributed by atoms with Crippen LogP contribution in [0.3, 0.4) is 0 Å². The van der Waals surface area contributed by atoms with Crippen LogP contribution in [0, 0.1) is 0 Å². The van der Waals surface area contributed by atoms with Gasteiger partial charge in [-0.25, -0.2) is 4.52 Å². The molecule has 170 valence electrons. The van der Waals surface area contributed by atoms with Crippen LogP contribution in [0.5, 0.6) is 11.5 Å². The average Bonchev–Trinajstić information content (AvgIpc) is 3.20. The van der Waals surface area contributed by atoms with Crippen LogP contribution in [-0.2, 0) is 12.8 Å². The van der Waals surface area contributed by atoms with Gasteiger partial charge in [0.05, 0.1) is 24.5 Å². The van der Waals surface area contributed by atoms with E-state index in [9.17, 15) is 5.11 Å². The third-order valence-electron chi connectivity index (χ3n) is 6.29. The highest BCUT2D eigenvalue weighted by Gasteiger charge is 2.25. The highest BCUT2D eigenvalue weighted by molar-refractivity contribution is 5.88. The molecule has 2 heterocycles. The second kappa shape index (κ2) is 10.5. The Bertz CT molecular complexity index is 1060. The van der Waals surface area contributed by atoms with E-state index in [1.54, 1.807) is 16.8 Å². The van der Waals surface area contributed by atoms with Crippen LogP contribution in [0.15, 0.2) is 47.9 Å². The highest BCUT2D eigenvalue weighted by atomic mass is 16.5. The number of hydrogen-bond acceptors (Lipinski definition) is 6. The van der Waals surface area contributed by atoms with Gasteiger partial charge in [0.25, 0.3) is 0 Å². The fourth-order valence-corrected chi connectivity index (χ4v) is 4.68. The molecule has 1 aliphatic carbocycles. The van der Waals surface area contributed by atoms with Crippen LogP contribution in [0.4, 0.5) is 0 Å². The van der Waals surface area contributed by atoms with Gasteiger partial charge in [-0.1, -0.05) is 24.2 Å². The summed E-state index contributed by atoms with van der Waals surface area (Å²) in [6, 6.07) is 10.3. The predicted molar refractivity (Wildman–Crippen MR) is 125 cm³/mol. The van der Waals surface area contributed by atoms with Gasteiger partial charge in [0, 0.05) is 23.9 Å². The Morgan fingerprint density at radius 3 is 3.03 bits per heavy atom. The van der Waals surface area contributed by atoms with Crippen LogP contribution < -0.4 is 4.74 Å². The number of fused-ring (bicyclic) bond motifs is 2. The van der Waals surface area contributed by atoms with Crippen molar-refractivity contribution in [1.29, 1.82) is 0 Å². The average molecular weight is 437 g/mol. The Balaban J connectivity index is 1.27. The lowest BCUT2D eigenvalue weighted by molar-refractivity contribution is 0.171. The standard InChI is InChI=1S/C25H32N4O3/c1-2-11-28(21-8-9-23-19(15-21)6-5-7-25(23)30)12-3-4-14-32-22-10-13-29-24(16-22)20(17-26-29)18-27-31/h5-7,10,13,16-18,21,30-31H,2-4,8-9,11-12,14-15H2,1H3/t21-/m0/s1. The first-order valence-corrected chi connectivity index (χ1v) is 11.5. The number of phenolic OH excluding ortho intramolecular Hbond substituents is 1. The number of hydrogen-bond donors (Lipinski definition) is 2. The first-order chi connectivity index (χ1) is 15.7. The van der Waals surface area contributed by atoms with Gasteiger partial charge in [-0.2, -0.15) is 5.10 Å². The van der Waals surface area contributed by atoms with Crippen molar-refractivity contribution in [2.75, 3.05) is 19.7 Å². The minimum absolute atomic E-state index is 0.449. The molecule has 0 radical (unpaired) electrons. The normalized spacial score (nSPS) is 16.1. The van der Waals surface area contributed by atoms with E-state index in [4.69, 9.17) is 9.94 Å². The largest absolute Gasteiger partial charge is 0.508 e. The molecule has 1 aliphatic rings. The topological polar surface area (TPSA) is 82.6 Å². The van der Waals surface area contributed by atoms with E-state index in [2.05, 4.69) is 28.1 Å². The quantitative estimate of drug-likeness (QED) is 0.215. The van der Waals surface area contributed by atoms with Gasteiger partial charge in [0.2, 0.25) is 0 Å². The summed E-state index contributed by atoms with van der Waals surface area (Å²) in [4.78, 5) is 2.62. The SMILES string of the molecule is CCCN(CCCCOc1ccn2ncc(C=NO)c2c1)[C@H]1CCc2c(O)cccc2C1. The first kappa shape index (κ1) is 22.1. The number of unbranched alkanes of at least 4 members (excludes halogenated alkanes) is 1. The number of phenols is 1. The summed E-state index contributed by atoms with van der Waals surface area (Å²) in [6.45, 7) is 5.07. The number of aromatic hydroxyl groups is 1. The molecule has 4 rings (SSSR count). The molecule has 7 nitrogen and oxygen atoms in total. The van der Waals surface area contributed by atoms with Crippen molar-refractivity contribution >= 4 is 11.7 Å². The van der Waals surface area contributed by atoms with E-state index in [0.29, 0.717) is 18.4 Å². The molecule has 2 N–H and O–H groups in total. The molecule has 0 spiro atoms. The van der Waals surface area contributed by atoms with Gasteiger partial charge in [-0.05, 0) is 74.9 Å². The van der Waals surface area contributed by atoms with Crippen molar-refractivity contribution in [1.82, 2.24) is 14.5 Å². The van der Waals surface area contributed by atoms with E-state index in [0.717, 1.165) is 74.0 Å². The molecule has 0 unspecified atom stereocenters. The van der Waals surface area contributed by atoms with E-state index in [1.807, 2.05) is 24.4 Å². The van der Waals surface area contributed by atoms with Crippen LogP contribution in [0.1, 0.15) is 49.3 Å². The predicted octanol–water partition coefficient (Wildman–Crippen LogP) is 4.28. The first-order valence-electron chi connectivity index (χ1n) is 11.5. The lowest BCUT2D eigenvalue weighted by atomic mass is 9.86. The van der Waals surface area contributed by atoms with Crippen molar-refractivity contribution < 1.29 is 15.1 Å². The van der Waals surface area contributed by atoms with E-state index in [-0.39, 0.29) is 0 Å². The maximum absolute atomic E-state index is 10.1. The zero-order valence-electron chi connectivity index (χ0n) is 18.7. The summed E-state index contributed by atoms with van der Waals surface area (Å²) < 4.78 is 7.70. The summed E-state index contributed by atoms with van der Waals surface area (Å²) in [5.41, 5.74) is 4.03. The number of rotatable bonds is 10. The van der Waals surface area contributed by atoms with Gasteiger partial charge >= 0.3 is 0 Å². The number of aromatic nitrogens is 2. The van der Waals surface area contributed by atoms with Crippen molar-refractivity contribution in [3.05, 3.63) is 59.4 Å². The lowest BCUT2D eigenvalue weighted by Gasteiger charge is -2.35. The summed E-state index contributed by atoms with van der Waals surface area (Å²) in [6.07, 6.45) is 11.2. The molecule has 1 atom stereocenters. The molecule has 0 saturated heterocycles. The van der Waals surface area contributed by atoms with Crippen LogP contribution in [0.2, 0.25) is 0 Å². The third kappa shape index (κ3) is 5.05. The van der Waals surface area contributed by atoms with Crippen molar-refractivity contribution in [3.8, 4) is 11.5 Å². The van der Waals surface area contributed by atoms with Crippen molar-refractivity contribution in [3.63, 3.8) is 0 Å². The van der Waals surface area contributed by atoms with E-state index < -0.39 is 0 Å². The Morgan fingerprint density at radius 1 is 1.28 bits per heavy atom. The molecule has 1 aromatic carbocycles. The van der Waals surface area contributed by atoms with E-state index >= 15 is 0 Å². The maximum Gasteiger partial charge on any atom is 0.123 e. The van der Waals surface area contributed by atoms with Crippen LogP contribution >= 0.6 is 0 Å². The summed E-state index contributed by atoms with van der Waals surface area (Å²) >= 11 is 0. The molecule has 0 fully saturated rings. The monoisotopic (exact) mass is 436 g/mol. The Labute approximate surface area is 188 Å². The summed E-state index contributed by atoms with van der Waals surface area (Å²) in [5, 5.41) is 26.2. The number of benzene rings is 1. The lowest BCUT2D eigenvalue weighted by Crippen LogP contribution is -2.40. The zero-order valence-corrected chi connectivity index (χ0v) is 18.7. The van der Waals surface area contributed by atoms with Crippen molar-refractivity contribution in [2.24, 2.45) is 5.16 Å². The second-order valence-corrected chi connectivity index (χ2v) is 8.44. The molecule has 0 aliphatic heterocycles. The number of nitrogens with zero attached hydrogens (tertiary/aromatic N) is 4. The zero-order chi connectivity index (χ0) is 22.3. The van der Waals surface area contributed by atoms with Gasteiger partial charge in [-0.3, -0.25) is 0 Å². The Morgan fingerprint density at radius 2 is 2.19 bits per heavy atom. The molecule has 32 heavy (non-hydrogen) atoms. The third-order valence-corrected chi connectivity index (χ3v) is 6.29. The minimum Gasteiger partial charge on any atom is -0.508 e. The summed E-state index contributed by atoms with van der Waals surface area (Å²) in [7, 11) is 0. The van der Waals surface area contributed by atoms with Crippen molar-refractivity contribution in [2.45, 2.75) is 51.5 Å². The fourth-order valence-electron chi connectivity index (χ4n) is 4.68. The molecule has 0 amide bonds. The molecular weight excluding hydrogens is 404 g/mol. The second-order valence-electron chi connectivity index (χ2n) is 8.44. The molecule has 0 saturated carbocycles. The molecular formula is C25H32N4O3. The maximum atomic E-state index is 10.1. The highest BCUT2D eigenvalue weighted by Crippen LogP contribution is 2.30. The minimum atomic E-state index is 0.449. The number of oxime groups is 1. The fraction of sp³-hybridized carbons (Fsp3) is 0.440. The van der Waals surface area contributed by atoms with Crippen LogP contribution in [-0.4, -0.2) is 56.8 Å². The smallest absolute Gasteiger partial charge is 0.123 e. The summed E-state index contributed by atoms with van der Waals surface area (Å²) in [5.74, 6) is 1.24. The number of pyridine rings is 1. The molecule has 0 bridgehead atoms. The number of ether oxygens (including phenoxy) is 1. The van der Waals surface area contributed by atoms with Gasteiger partial charge in [0.15, 0.2) is 0 Å². The Hall–Kier alpha value is -3.06. The van der Waals surface area contributed by atoms with E-state index in [1.165, 1.54) is 11.8 Å². The van der Waals surface area contributed by atoms with Gasteiger partial charge in [0.1, 0.15) is 11.5 Å².